The first-order valence-corrected chi connectivity index (χ1v) is 12.6. The van der Waals surface area contributed by atoms with E-state index < -0.39 is 16.0 Å². The van der Waals surface area contributed by atoms with E-state index in [1.807, 2.05) is 41.1 Å². The summed E-state index contributed by atoms with van der Waals surface area (Å²) in [4.78, 5) is 16.8. The van der Waals surface area contributed by atoms with Gasteiger partial charge in [0.1, 0.15) is 0 Å². The van der Waals surface area contributed by atoms with E-state index in [4.69, 9.17) is 9.26 Å². The number of rotatable bonds is 6. The van der Waals surface area contributed by atoms with Crippen molar-refractivity contribution in [3.63, 3.8) is 0 Å². The van der Waals surface area contributed by atoms with Gasteiger partial charge in [-0.05, 0) is 47.2 Å². The number of carbonyl (C=O) groups excluding carboxylic acids is 1. The fourth-order valence-electron chi connectivity index (χ4n) is 3.64. The van der Waals surface area contributed by atoms with Crippen LogP contribution in [0, 0.1) is 0 Å². The van der Waals surface area contributed by atoms with Gasteiger partial charge in [-0.2, -0.15) is 20.6 Å². The number of esters is 1. The van der Waals surface area contributed by atoms with Crippen LogP contribution in [0.2, 0.25) is 0 Å². The first kappa shape index (κ1) is 21.5. The number of hydrogen-bond acceptors (Lipinski definition) is 8. The van der Waals surface area contributed by atoms with Crippen molar-refractivity contribution < 1.29 is 22.5 Å². The smallest absolute Gasteiger partial charge is 0.338 e. The van der Waals surface area contributed by atoms with E-state index in [9.17, 15) is 13.2 Å². The minimum atomic E-state index is -3.76. The van der Waals surface area contributed by atoms with Gasteiger partial charge in [0, 0.05) is 24.0 Å². The van der Waals surface area contributed by atoms with E-state index >= 15 is 0 Å². The third kappa shape index (κ3) is 4.45. The molecule has 33 heavy (non-hydrogen) atoms. The summed E-state index contributed by atoms with van der Waals surface area (Å²) in [6, 6.07) is 15.5. The number of thiophene rings is 1. The van der Waals surface area contributed by atoms with Gasteiger partial charge in [0.25, 0.3) is 5.89 Å². The van der Waals surface area contributed by atoms with Crippen LogP contribution in [0.3, 0.4) is 0 Å². The Kier molecular flexibility index (Phi) is 5.79. The number of sulfonamides is 1. The van der Waals surface area contributed by atoms with Crippen molar-refractivity contribution in [3.05, 3.63) is 87.9 Å². The Morgan fingerprint density at radius 2 is 1.97 bits per heavy atom. The van der Waals surface area contributed by atoms with Crippen LogP contribution >= 0.6 is 11.3 Å². The molecule has 5 rings (SSSR count). The minimum Gasteiger partial charge on any atom is -0.452 e. The molecular formula is C23H19N3O5S2. The van der Waals surface area contributed by atoms with Gasteiger partial charge in [-0.1, -0.05) is 35.5 Å². The number of ether oxygens (including phenoxy) is 1. The normalized spacial score (nSPS) is 14.1. The van der Waals surface area contributed by atoms with Crippen LogP contribution in [0.15, 0.2) is 74.8 Å². The molecule has 168 valence electrons. The average molecular weight is 482 g/mol. The first-order chi connectivity index (χ1) is 16.0. The second-order valence-electron chi connectivity index (χ2n) is 7.49. The SMILES string of the molecule is O=C(OCc1nc(-c2ccsc2)no1)c1cccc(S(=O)(=O)N2CCc3ccccc3C2)c1. The lowest BCUT2D eigenvalue weighted by atomic mass is 10.0. The zero-order valence-corrected chi connectivity index (χ0v) is 19.0. The molecule has 0 saturated heterocycles. The summed E-state index contributed by atoms with van der Waals surface area (Å²) in [6.45, 7) is 0.476. The topological polar surface area (TPSA) is 103 Å². The Hall–Kier alpha value is -3.34. The maximum absolute atomic E-state index is 13.2. The lowest BCUT2D eigenvalue weighted by molar-refractivity contribution is 0.0429. The van der Waals surface area contributed by atoms with Crippen LogP contribution < -0.4 is 0 Å². The van der Waals surface area contributed by atoms with Crippen molar-refractivity contribution in [2.24, 2.45) is 0 Å². The molecule has 0 fully saturated rings. The van der Waals surface area contributed by atoms with E-state index in [0.717, 1.165) is 16.7 Å². The quantitative estimate of drug-likeness (QED) is 0.385. The van der Waals surface area contributed by atoms with E-state index in [0.29, 0.717) is 25.3 Å². The molecule has 0 unspecified atom stereocenters. The van der Waals surface area contributed by atoms with Gasteiger partial charge in [0.05, 0.1) is 10.5 Å². The summed E-state index contributed by atoms with van der Waals surface area (Å²) in [5.74, 6) is -0.106. The van der Waals surface area contributed by atoms with Gasteiger partial charge < -0.3 is 9.26 Å². The molecule has 3 heterocycles. The van der Waals surface area contributed by atoms with Crippen LogP contribution in [-0.4, -0.2) is 35.4 Å². The number of aromatic nitrogens is 2. The highest BCUT2D eigenvalue weighted by atomic mass is 32.2. The summed E-state index contributed by atoms with van der Waals surface area (Å²) in [5.41, 5.74) is 3.10. The molecule has 1 aliphatic rings. The Bertz CT molecular complexity index is 1400. The molecular weight excluding hydrogens is 462 g/mol. The highest BCUT2D eigenvalue weighted by Crippen LogP contribution is 2.25. The lowest BCUT2D eigenvalue weighted by Crippen LogP contribution is -2.36. The van der Waals surface area contributed by atoms with E-state index in [-0.39, 0.29) is 23.0 Å². The van der Waals surface area contributed by atoms with Gasteiger partial charge in [-0.25, -0.2) is 13.2 Å². The van der Waals surface area contributed by atoms with E-state index in [2.05, 4.69) is 10.1 Å². The summed E-state index contributed by atoms with van der Waals surface area (Å²) in [5, 5.41) is 7.65. The standard InChI is InChI=1S/C23H19N3O5S2/c27-23(30-14-21-24-22(25-31-21)19-9-11-32-15-19)17-6-3-7-20(12-17)33(28,29)26-10-8-16-4-1-2-5-18(16)13-26/h1-7,9,11-12,15H,8,10,13-14H2. The third-order valence-corrected chi connectivity index (χ3v) is 7.90. The third-order valence-electron chi connectivity index (χ3n) is 5.38. The Labute approximate surface area is 194 Å². The lowest BCUT2D eigenvalue weighted by Gasteiger charge is -2.28. The van der Waals surface area contributed by atoms with Gasteiger partial charge in [0.2, 0.25) is 15.8 Å². The summed E-state index contributed by atoms with van der Waals surface area (Å²) >= 11 is 1.51. The van der Waals surface area contributed by atoms with Crippen LogP contribution in [0.25, 0.3) is 11.4 Å². The van der Waals surface area contributed by atoms with E-state index in [1.54, 1.807) is 0 Å². The van der Waals surface area contributed by atoms with Crippen molar-refractivity contribution in [1.82, 2.24) is 14.4 Å². The Balaban J connectivity index is 1.28. The highest BCUT2D eigenvalue weighted by molar-refractivity contribution is 7.89. The molecule has 8 nitrogen and oxygen atoms in total. The highest BCUT2D eigenvalue weighted by Gasteiger charge is 2.29. The fraction of sp³-hybridized carbons (Fsp3) is 0.174. The summed E-state index contributed by atoms with van der Waals surface area (Å²) < 4.78 is 38.2. The molecule has 0 radical (unpaired) electrons. The molecule has 0 aliphatic carbocycles. The van der Waals surface area contributed by atoms with Crippen LogP contribution in [-0.2, 0) is 34.3 Å². The maximum atomic E-state index is 13.2. The van der Waals surface area contributed by atoms with Crippen molar-refractivity contribution in [1.29, 1.82) is 0 Å². The second-order valence-corrected chi connectivity index (χ2v) is 10.2. The maximum Gasteiger partial charge on any atom is 0.338 e. The van der Waals surface area contributed by atoms with Gasteiger partial charge in [0.15, 0.2) is 6.61 Å². The molecule has 0 spiro atoms. The predicted molar refractivity (Wildman–Crippen MR) is 121 cm³/mol. The molecule has 0 atom stereocenters. The molecule has 0 bridgehead atoms. The molecule has 1 aliphatic heterocycles. The van der Waals surface area contributed by atoms with Crippen molar-refractivity contribution in [2.75, 3.05) is 6.54 Å². The summed E-state index contributed by atoms with van der Waals surface area (Å²) in [6.07, 6.45) is 0.648. The van der Waals surface area contributed by atoms with Gasteiger partial charge in [-0.3, -0.25) is 0 Å². The predicted octanol–water partition coefficient (Wildman–Crippen LogP) is 3.90. The van der Waals surface area contributed by atoms with Crippen molar-refractivity contribution >= 4 is 27.3 Å². The largest absolute Gasteiger partial charge is 0.452 e. The van der Waals surface area contributed by atoms with Gasteiger partial charge >= 0.3 is 5.97 Å². The molecule has 2 aromatic heterocycles. The number of benzene rings is 2. The van der Waals surface area contributed by atoms with Crippen LogP contribution in [0.5, 0.6) is 0 Å². The summed E-state index contributed by atoms with van der Waals surface area (Å²) in [7, 11) is -3.76. The van der Waals surface area contributed by atoms with E-state index in [1.165, 1.54) is 39.9 Å². The monoisotopic (exact) mass is 481 g/mol. The molecule has 0 amide bonds. The number of fused-ring (bicyclic) bond motifs is 1. The van der Waals surface area contributed by atoms with Crippen LogP contribution in [0.1, 0.15) is 27.4 Å². The average Bonchev–Trinajstić information content (AvgIpc) is 3.54. The van der Waals surface area contributed by atoms with Crippen molar-refractivity contribution in [2.45, 2.75) is 24.5 Å². The first-order valence-electron chi connectivity index (χ1n) is 10.2. The fourth-order valence-corrected chi connectivity index (χ4v) is 5.74. The molecule has 0 saturated carbocycles. The number of carbonyl (C=O) groups is 1. The molecule has 4 aromatic rings. The molecule has 2 aromatic carbocycles. The molecule has 0 N–H and O–H groups in total. The zero-order chi connectivity index (χ0) is 22.8. The molecule has 10 heteroatoms. The van der Waals surface area contributed by atoms with Crippen LogP contribution in [0.4, 0.5) is 0 Å². The zero-order valence-electron chi connectivity index (χ0n) is 17.4. The minimum absolute atomic E-state index is 0.0499. The number of nitrogens with zero attached hydrogens (tertiary/aromatic N) is 3. The van der Waals surface area contributed by atoms with Crippen molar-refractivity contribution in [3.8, 4) is 11.4 Å². The number of hydrogen-bond donors (Lipinski definition) is 0. The second kappa shape index (κ2) is 8.89. The Morgan fingerprint density at radius 1 is 1.12 bits per heavy atom. The van der Waals surface area contributed by atoms with Gasteiger partial charge in [-0.15, -0.1) is 0 Å². The Morgan fingerprint density at radius 3 is 2.79 bits per heavy atom.